The highest BCUT2D eigenvalue weighted by Gasteiger charge is 2.62. The van der Waals surface area contributed by atoms with Gasteiger partial charge in [-0.15, -0.1) is 0 Å². The summed E-state index contributed by atoms with van der Waals surface area (Å²) in [7, 11) is -3.47. The molecule has 116 valence electrons. The van der Waals surface area contributed by atoms with Crippen molar-refractivity contribution in [2.24, 2.45) is 0 Å². The van der Waals surface area contributed by atoms with Crippen LogP contribution in [-0.2, 0) is 33.5 Å². The van der Waals surface area contributed by atoms with E-state index >= 15 is 0 Å². The van der Waals surface area contributed by atoms with E-state index in [2.05, 4.69) is 0 Å². The van der Waals surface area contributed by atoms with Gasteiger partial charge >= 0.3 is 0 Å². The maximum atomic E-state index is 11.9. The van der Waals surface area contributed by atoms with Crippen molar-refractivity contribution in [3.05, 3.63) is 0 Å². The minimum atomic E-state index is -3.47. The molecule has 0 radical (unpaired) electrons. The van der Waals surface area contributed by atoms with Gasteiger partial charge in [0, 0.05) is 6.26 Å². The van der Waals surface area contributed by atoms with Gasteiger partial charge in [0.15, 0.2) is 33.1 Å². The monoisotopic (exact) mass is 308 g/mol. The minimum Gasteiger partial charge on any atom is -0.341 e. The Morgan fingerprint density at radius 2 is 1.30 bits per heavy atom. The Morgan fingerprint density at radius 1 is 0.800 bits per heavy atom. The van der Waals surface area contributed by atoms with E-state index in [4.69, 9.17) is 23.7 Å². The lowest BCUT2D eigenvalue weighted by molar-refractivity contribution is -0.214. The van der Waals surface area contributed by atoms with Crippen molar-refractivity contribution in [3.8, 4) is 0 Å². The Morgan fingerprint density at radius 3 is 1.90 bits per heavy atom. The largest absolute Gasteiger partial charge is 0.341 e. The Balaban J connectivity index is 1.96. The van der Waals surface area contributed by atoms with Crippen LogP contribution >= 0.6 is 0 Å². The average Bonchev–Trinajstić information content (AvgIpc) is 2.69. The second-order valence-electron chi connectivity index (χ2n) is 6.37. The molecule has 3 aliphatic heterocycles. The molecule has 0 N–H and O–H groups in total. The summed E-state index contributed by atoms with van der Waals surface area (Å²) in [5.74, 6) is -1.73. The van der Waals surface area contributed by atoms with Crippen LogP contribution in [0.2, 0.25) is 0 Å². The van der Waals surface area contributed by atoms with Gasteiger partial charge in [0.2, 0.25) is 0 Å². The first kappa shape index (κ1) is 14.7. The van der Waals surface area contributed by atoms with Gasteiger partial charge in [0.05, 0.1) is 0 Å². The number of ether oxygens (including phenoxy) is 5. The summed E-state index contributed by atoms with van der Waals surface area (Å²) in [6.07, 6.45) is -1.42. The molecule has 0 aliphatic carbocycles. The van der Waals surface area contributed by atoms with Crippen LogP contribution in [0.25, 0.3) is 0 Å². The molecule has 3 aliphatic rings. The highest BCUT2D eigenvalue weighted by molar-refractivity contribution is 7.91. The van der Waals surface area contributed by atoms with Gasteiger partial charge in [-0.2, -0.15) is 0 Å². The van der Waals surface area contributed by atoms with Crippen molar-refractivity contribution in [3.63, 3.8) is 0 Å². The third-order valence-electron chi connectivity index (χ3n) is 3.53. The molecule has 20 heavy (non-hydrogen) atoms. The molecule has 3 rings (SSSR count). The average molecular weight is 308 g/mol. The molecule has 3 fully saturated rings. The number of sulfone groups is 1. The van der Waals surface area contributed by atoms with E-state index in [9.17, 15) is 8.42 Å². The SMILES string of the molecule is CC1(C)O[C@H]2[C@@H](O1)[C@@H](S(C)(=O)=O)O[C@@H]1OC(C)(C)O[C@@H]12. The molecule has 0 spiro atoms. The minimum absolute atomic E-state index is 0.505. The molecule has 0 unspecified atom stereocenters. The Bertz CT molecular complexity index is 512. The van der Waals surface area contributed by atoms with E-state index in [0.29, 0.717) is 0 Å². The first-order chi connectivity index (χ1) is 8.99. The number of hydrogen-bond donors (Lipinski definition) is 0. The lowest BCUT2D eigenvalue weighted by atomic mass is 10.1. The van der Waals surface area contributed by atoms with Crippen molar-refractivity contribution in [2.45, 2.75) is 69.3 Å². The first-order valence-corrected chi connectivity index (χ1v) is 8.50. The van der Waals surface area contributed by atoms with E-state index in [1.54, 1.807) is 27.7 Å². The normalized spacial score (nSPS) is 46.0. The van der Waals surface area contributed by atoms with E-state index in [0.717, 1.165) is 6.26 Å². The molecular weight excluding hydrogens is 288 g/mol. The fraction of sp³-hybridized carbons (Fsp3) is 1.00. The lowest BCUT2D eigenvalue weighted by Crippen LogP contribution is -2.57. The summed E-state index contributed by atoms with van der Waals surface area (Å²) in [4.78, 5) is 0. The van der Waals surface area contributed by atoms with Gasteiger partial charge < -0.3 is 23.7 Å². The van der Waals surface area contributed by atoms with Crippen LogP contribution in [0.4, 0.5) is 0 Å². The van der Waals surface area contributed by atoms with Crippen LogP contribution in [0.1, 0.15) is 27.7 Å². The van der Waals surface area contributed by atoms with Crippen molar-refractivity contribution < 1.29 is 32.1 Å². The Hall–Kier alpha value is -0.250. The fourth-order valence-electron chi connectivity index (χ4n) is 2.92. The van der Waals surface area contributed by atoms with Crippen LogP contribution in [-0.4, -0.2) is 56.3 Å². The molecule has 3 saturated heterocycles. The van der Waals surface area contributed by atoms with Crippen LogP contribution in [0.5, 0.6) is 0 Å². The number of fused-ring (bicyclic) bond motifs is 3. The second-order valence-corrected chi connectivity index (χ2v) is 8.49. The zero-order valence-corrected chi connectivity index (χ0v) is 13.0. The summed E-state index contributed by atoms with van der Waals surface area (Å²) in [5.41, 5.74) is -1.12. The fourth-order valence-corrected chi connectivity index (χ4v) is 3.93. The summed E-state index contributed by atoms with van der Waals surface area (Å²) in [6, 6.07) is 0. The van der Waals surface area contributed by atoms with Crippen molar-refractivity contribution in [1.82, 2.24) is 0 Å². The van der Waals surface area contributed by atoms with Crippen molar-refractivity contribution >= 4 is 9.84 Å². The molecular formula is C12H20O7S. The molecule has 0 saturated carbocycles. The topological polar surface area (TPSA) is 80.3 Å². The first-order valence-electron chi connectivity index (χ1n) is 6.54. The quantitative estimate of drug-likeness (QED) is 0.693. The highest BCUT2D eigenvalue weighted by atomic mass is 32.2. The molecule has 0 aromatic heterocycles. The van der Waals surface area contributed by atoms with Gasteiger partial charge in [0.25, 0.3) is 0 Å². The van der Waals surface area contributed by atoms with Crippen molar-refractivity contribution in [1.29, 1.82) is 0 Å². The maximum Gasteiger partial charge on any atom is 0.191 e. The van der Waals surface area contributed by atoms with Crippen LogP contribution in [0.3, 0.4) is 0 Å². The van der Waals surface area contributed by atoms with Gasteiger partial charge in [0.1, 0.15) is 18.3 Å². The van der Waals surface area contributed by atoms with Crippen LogP contribution in [0.15, 0.2) is 0 Å². The molecule has 7 nitrogen and oxygen atoms in total. The molecule has 0 bridgehead atoms. The third kappa shape index (κ3) is 2.38. The zero-order chi connectivity index (χ0) is 14.9. The predicted octanol–water partition coefficient (Wildman–Crippen LogP) is 0.385. The zero-order valence-electron chi connectivity index (χ0n) is 12.2. The molecule has 8 heteroatoms. The predicted molar refractivity (Wildman–Crippen MR) is 67.4 cm³/mol. The van der Waals surface area contributed by atoms with Gasteiger partial charge in [-0.05, 0) is 27.7 Å². The molecule has 0 aromatic carbocycles. The summed E-state index contributed by atoms with van der Waals surface area (Å²) < 4.78 is 52.3. The third-order valence-corrected chi connectivity index (χ3v) is 4.76. The standard InChI is InChI=1S/C12H20O7S/c1-11(2)16-6-7-9(19-12(3,4)17-7)15-10(8(6)18-11)20(5,13)14/h6-10H,1-5H3/t6-,7-,8-,9-,10-/m1/s1. The van der Waals surface area contributed by atoms with Crippen LogP contribution < -0.4 is 0 Å². The number of hydrogen-bond acceptors (Lipinski definition) is 7. The second kappa shape index (κ2) is 4.15. The Labute approximate surface area is 118 Å². The summed E-state index contributed by atoms with van der Waals surface area (Å²) in [6.45, 7) is 6.97. The van der Waals surface area contributed by atoms with Gasteiger partial charge in [-0.25, -0.2) is 8.42 Å². The van der Waals surface area contributed by atoms with E-state index in [1.807, 2.05) is 0 Å². The smallest absolute Gasteiger partial charge is 0.191 e. The number of rotatable bonds is 1. The molecule has 0 aromatic rings. The van der Waals surface area contributed by atoms with Crippen molar-refractivity contribution in [2.75, 3.05) is 6.26 Å². The summed E-state index contributed by atoms with van der Waals surface area (Å²) >= 11 is 0. The summed E-state index contributed by atoms with van der Waals surface area (Å²) in [5, 5.41) is 0. The highest BCUT2D eigenvalue weighted by Crippen LogP contribution is 2.44. The van der Waals surface area contributed by atoms with Crippen LogP contribution in [0, 0.1) is 0 Å². The van der Waals surface area contributed by atoms with E-state index in [-0.39, 0.29) is 0 Å². The van der Waals surface area contributed by atoms with E-state index in [1.165, 1.54) is 0 Å². The van der Waals surface area contributed by atoms with E-state index < -0.39 is 51.4 Å². The van der Waals surface area contributed by atoms with Gasteiger partial charge in [-0.1, -0.05) is 0 Å². The lowest BCUT2D eigenvalue weighted by Gasteiger charge is -2.36. The molecule has 3 heterocycles. The maximum absolute atomic E-state index is 11.9. The van der Waals surface area contributed by atoms with Gasteiger partial charge in [-0.3, -0.25) is 0 Å². The molecule has 5 atom stereocenters. The molecule has 0 amide bonds. The Kier molecular flexibility index (Phi) is 3.04.